The fourth-order valence-corrected chi connectivity index (χ4v) is 1.58. The van der Waals surface area contributed by atoms with Gasteiger partial charge in [0.15, 0.2) is 0 Å². The largest absolute Gasteiger partial charge is 0.369 e. The number of hydrogen-bond acceptors (Lipinski definition) is 2. The van der Waals surface area contributed by atoms with Gasteiger partial charge in [-0.05, 0) is 51.1 Å². The zero-order valence-electron chi connectivity index (χ0n) is 9.41. The van der Waals surface area contributed by atoms with Crippen molar-refractivity contribution in [1.82, 2.24) is 0 Å². The maximum atomic E-state index is 12.8. The Kier molecular flexibility index (Phi) is 4.56. The molecule has 0 aromatic heterocycles. The molecule has 0 radical (unpaired) electrons. The van der Waals surface area contributed by atoms with E-state index < -0.39 is 0 Å². The van der Waals surface area contributed by atoms with Crippen LogP contribution in [-0.4, -0.2) is 19.1 Å². The first-order valence-corrected chi connectivity index (χ1v) is 5.37. The SMILES string of the molecule is CC(C)N(CCCN)c1ccc(F)cc1. The molecule has 0 amide bonds. The molecule has 0 bridgehead atoms. The van der Waals surface area contributed by atoms with Gasteiger partial charge in [-0.25, -0.2) is 4.39 Å². The zero-order chi connectivity index (χ0) is 11.3. The lowest BCUT2D eigenvalue weighted by Crippen LogP contribution is -2.32. The molecule has 0 heterocycles. The van der Waals surface area contributed by atoms with Gasteiger partial charge in [-0.1, -0.05) is 0 Å². The van der Waals surface area contributed by atoms with Gasteiger partial charge in [0.25, 0.3) is 0 Å². The van der Waals surface area contributed by atoms with Gasteiger partial charge in [0.1, 0.15) is 5.82 Å². The van der Waals surface area contributed by atoms with Crippen molar-refractivity contribution in [2.24, 2.45) is 5.73 Å². The number of hydrogen-bond donors (Lipinski definition) is 1. The molecule has 0 atom stereocenters. The number of anilines is 1. The molecule has 0 saturated heterocycles. The number of benzene rings is 1. The Bertz CT molecular complexity index is 282. The van der Waals surface area contributed by atoms with E-state index in [0.717, 1.165) is 18.7 Å². The molecule has 0 aliphatic rings. The maximum Gasteiger partial charge on any atom is 0.123 e. The predicted molar refractivity (Wildman–Crippen MR) is 62.6 cm³/mol. The smallest absolute Gasteiger partial charge is 0.123 e. The van der Waals surface area contributed by atoms with Crippen LogP contribution < -0.4 is 10.6 Å². The van der Waals surface area contributed by atoms with Crippen LogP contribution in [0.2, 0.25) is 0 Å². The Labute approximate surface area is 90.9 Å². The second-order valence-corrected chi connectivity index (χ2v) is 3.91. The third-order valence-electron chi connectivity index (χ3n) is 2.38. The minimum atomic E-state index is -0.193. The second kappa shape index (κ2) is 5.71. The highest BCUT2D eigenvalue weighted by Crippen LogP contribution is 2.17. The van der Waals surface area contributed by atoms with Crippen molar-refractivity contribution in [3.63, 3.8) is 0 Å². The molecule has 0 spiro atoms. The number of halogens is 1. The molecule has 0 unspecified atom stereocenters. The van der Waals surface area contributed by atoms with Crippen molar-refractivity contribution in [3.05, 3.63) is 30.1 Å². The van der Waals surface area contributed by atoms with Gasteiger partial charge in [-0.3, -0.25) is 0 Å². The molecule has 2 N–H and O–H groups in total. The fraction of sp³-hybridized carbons (Fsp3) is 0.500. The maximum absolute atomic E-state index is 12.8. The summed E-state index contributed by atoms with van der Waals surface area (Å²) in [7, 11) is 0. The molecule has 0 fully saturated rings. The molecule has 0 aliphatic carbocycles. The van der Waals surface area contributed by atoms with E-state index in [-0.39, 0.29) is 5.82 Å². The Balaban J connectivity index is 2.74. The quantitative estimate of drug-likeness (QED) is 0.808. The summed E-state index contributed by atoms with van der Waals surface area (Å²) < 4.78 is 12.8. The van der Waals surface area contributed by atoms with E-state index >= 15 is 0 Å². The van der Waals surface area contributed by atoms with Gasteiger partial charge in [0, 0.05) is 18.3 Å². The number of nitrogens with zero attached hydrogens (tertiary/aromatic N) is 1. The molecule has 15 heavy (non-hydrogen) atoms. The van der Waals surface area contributed by atoms with Crippen molar-refractivity contribution in [2.75, 3.05) is 18.0 Å². The summed E-state index contributed by atoms with van der Waals surface area (Å²) in [6.45, 7) is 5.85. The van der Waals surface area contributed by atoms with Gasteiger partial charge in [-0.15, -0.1) is 0 Å². The molecule has 1 aromatic carbocycles. The minimum Gasteiger partial charge on any atom is -0.369 e. The first-order chi connectivity index (χ1) is 7.15. The molecule has 0 saturated carbocycles. The first kappa shape index (κ1) is 12.0. The highest BCUT2D eigenvalue weighted by Gasteiger charge is 2.09. The number of rotatable bonds is 5. The molecule has 1 rings (SSSR count). The Morgan fingerprint density at radius 1 is 1.27 bits per heavy atom. The lowest BCUT2D eigenvalue weighted by molar-refractivity contribution is 0.624. The van der Waals surface area contributed by atoms with Crippen LogP contribution in [0.15, 0.2) is 24.3 Å². The van der Waals surface area contributed by atoms with Crippen LogP contribution in [-0.2, 0) is 0 Å². The summed E-state index contributed by atoms with van der Waals surface area (Å²) in [5.74, 6) is -0.193. The number of nitrogens with two attached hydrogens (primary N) is 1. The van der Waals surface area contributed by atoms with Crippen LogP contribution in [0.5, 0.6) is 0 Å². The fourth-order valence-electron chi connectivity index (χ4n) is 1.58. The van der Waals surface area contributed by atoms with E-state index in [0.29, 0.717) is 12.6 Å². The van der Waals surface area contributed by atoms with Crippen LogP contribution >= 0.6 is 0 Å². The van der Waals surface area contributed by atoms with Gasteiger partial charge in [-0.2, -0.15) is 0 Å². The summed E-state index contributed by atoms with van der Waals surface area (Å²) >= 11 is 0. The van der Waals surface area contributed by atoms with Crippen LogP contribution in [0.3, 0.4) is 0 Å². The monoisotopic (exact) mass is 210 g/mol. The topological polar surface area (TPSA) is 29.3 Å². The third-order valence-corrected chi connectivity index (χ3v) is 2.38. The highest BCUT2D eigenvalue weighted by molar-refractivity contribution is 5.46. The molecule has 1 aromatic rings. The van der Waals surface area contributed by atoms with Crippen molar-refractivity contribution in [2.45, 2.75) is 26.3 Å². The zero-order valence-corrected chi connectivity index (χ0v) is 9.41. The van der Waals surface area contributed by atoms with Crippen LogP contribution in [0.4, 0.5) is 10.1 Å². The highest BCUT2D eigenvalue weighted by atomic mass is 19.1. The molecule has 84 valence electrons. The van der Waals surface area contributed by atoms with E-state index in [2.05, 4.69) is 18.7 Å². The summed E-state index contributed by atoms with van der Waals surface area (Å²) in [5, 5.41) is 0. The van der Waals surface area contributed by atoms with Crippen LogP contribution in [0, 0.1) is 5.82 Å². The normalized spacial score (nSPS) is 10.7. The van der Waals surface area contributed by atoms with E-state index in [1.165, 1.54) is 12.1 Å². The lowest BCUT2D eigenvalue weighted by Gasteiger charge is -2.28. The van der Waals surface area contributed by atoms with Crippen molar-refractivity contribution in [1.29, 1.82) is 0 Å². The van der Waals surface area contributed by atoms with E-state index in [1.54, 1.807) is 0 Å². The summed E-state index contributed by atoms with van der Waals surface area (Å²) in [6, 6.07) is 7.01. The van der Waals surface area contributed by atoms with E-state index in [4.69, 9.17) is 5.73 Å². The van der Waals surface area contributed by atoms with Crippen molar-refractivity contribution < 1.29 is 4.39 Å². The molecular formula is C12H19FN2. The average Bonchev–Trinajstić information content (AvgIpc) is 2.21. The third kappa shape index (κ3) is 3.51. The molecule has 2 nitrogen and oxygen atoms in total. The van der Waals surface area contributed by atoms with Gasteiger partial charge in [0.05, 0.1) is 0 Å². The summed E-state index contributed by atoms with van der Waals surface area (Å²) in [6.07, 6.45) is 0.954. The minimum absolute atomic E-state index is 0.193. The van der Waals surface area contributed by atoms with Gasteiger partial charge >= 0.3 is 0 Å². The Morgan fingerprint density at radius 3 is 2.33 bits per heavy atom. The molecule has 3 heteroatoms. The standard InChI is InChI=1S/C12H19FN2/c1-10(2)15(9-3-8-14)12-6-4-11(13)5-7-12/h4-7,10H,3,8-9,14H2,1-2H3. The van der Waals surface area contributed by atoms with Crippen LogP contribution in [0.1, 0.15) is 20.3 Å². The Morgan fingerprint density at radius 2 is 1.87 bits per heavy atom. The first-order valence-electron chi connectivity index (χ1n) is 5.37. The van der Waals surface area contributed by atoms with E-state index in [1.807, 2.05) is 12.1 Å². The van der Waals surface area contributed by atoms with Gasteiger partial charge < -0.3 is 10.6 Å². The predicted octanol–water partition coefficient (Wildman–Crippen LogP) is 2.39. The van der Waals surface area contributed by atoms with Crippen molar-refractivity contribution >= 4 is 5.69 Å². The van der Waals surface area contributed by atoms with Gasteiger partial charge in [0.2, 0.25) is 0 Å². The summed E-state index contributed by atoms with van der Waals surface area (Å²) in [4.78, 5) is 2.23. The summed E-state index contributed by atoms with van der Waals surface area (Å²) in [5.41, 5.74) is 6.55. The second-order valence-electron chi connectivity index (χ2n) is 3.91. The van der Waals surface area contributed by atoms with Crippen molar-refractivity contribution in [3.8, 4) is 0 Å². The molecular weight excluding hydrogens is 191 g/mol. The average molecular weight is 210 g/mol. The molecule has 0 aliphatic heterocycles. The van der Waals surface area contributed by atoms with E-state index in [9.17, 15) is 4.39 Å². The lowest BCUT2D eigenvalue weighted by atomic mass is 10.2. The Hall–Kier alpha value is -1.09. The van der Waals surface area contributed by atoms with Crippen LogP contribution in [0.25, 0.3) is 0 Å².